The van der Waals surface area contributed by atoms with Crippen molar-refractivity contribution >= 4 is 22.9 Å². The predicted molar refractivity (Wildman–Crippen MR) is 145 cm³/mol. The van der Waals surface area contributed by atoms with Gasteiger partial charge in [0, 0.05) is 42.1 Å². The second-order valence-electron chi connectivity index (χ2n) is 9.26. The number of aromatic nitrogens is 1. The molecule has 0 radical (unpaired) electrons. The van der Waals surface area contributed by atoms with Gasteiger partial charge in [0.05, 0.1) is 36.4 Å². The number of pyridine rings is 1. The van der Waals surface area contributed by atoms with Crippen molar-refractivity contribution in [3.05, 3.63) is 71.7 Å². The molecule has 0 aliphatic heterocycles. The molecule has 1 fully saturated rings. The van der Waals surface area contributed by atoms with Crippen molar-refractivity contribution in [3.63, 3.8) is 0 Å². The predicted octanol–water partition coefficient (Wildman–Crippen LogP) is 7.09. The van der Waals surface area contributed by atoms with E-state index < -0.39 is 0 Å². The number of halogens is 1. The van der Waals surface area contributed by atoms with Gasteiger partial charge in [-0.1, -0.05) is 42.5 Å². The van der Waals surface area contributed by atoms with E-state index in [0.717, 1.165) is 46.1 Å². The van der Waals surface area contributed by atoms with Gasteiger partial charge in [0.2, 0.25) is 0 Å². The van der Waals surface area contributed by atoms with Crippen LogP contribution in [-0.2, 0) is 19.0 Å². The third-order valence-electron chi connectivity index (χ3n) is 6.51. The zero-order chi connectivity index (χ0) is 26.2. The Balaban J connectivity index is 1.74. The Hall–Kier alpha value is -3.09. The highest BCUT2D eigenvalue weighted by Crippen LogP contribution is 2.45. The van der Waals surface area contributed by atoms with Crippen LogP contribution in [0.4, 0.5) is 4.39 Å². The highest BCUT2D eigenvalue weighted by Gasteiger charge is 2.30. The molecule has 0 bridgehead atoms. The second-order valence-corrected chi connectivity index (χ2v) is 9.26. The molecular weight excluding hydrogens is 469 g/mol. The summed E-state index contributed by atoms with van der Waals surface area (Å²) in [5, 5.41) is 1.03. The Morgan fingerprint density at radius 3 is 2.43 bits per heavy atom. The summed E-state index contributed by atoms with van der Waals surface area (Å²) < 4.78 is 30.9. The van der Waals surface area contributed by atoms with Crippen LogP contribution in [0, 0.1) is 5.82 Å². The summed E-state index contributed by atoms with van der Waals surface area (Å²) in [6.07, 6.45) is 6.51. The van der Waals surface area contributed by atoms with Crippen molar-refractivity contribution in [2.75, 3.05) is 19.8 Å². The van der Waals surface area contributed by atoms with Crippen LogP contribution in [0.2, 0.25) is 0 Å². The monoisotopic (exact) mass is 505 g/mol. The molecule has 1 aliphatic carbocycles. The molecule has 0 N–H and O–H groups in total. The highest BCUT2D eigenvalue weighted by atomic mass is 19.1. The van der Waals surface area contributed by atoms with Crippen LogP contribution in [0.1, 0.15) is 63.6 Å². The van der Waals surface area contributed by atoms with Crippen LogP contribution in [0.5, 0.6) is 0 Å². The van der Waals surface area contributed by atoms with Crippen molar-refractivity contribution in [1.82, 2.24) is 4.98 Å². The topological polar surface area (TPSA) is 57.7 Å². The molecule has 1 aliphatic rings. The quantitative estimate of drug-likeness (QED) is 0.232. The molecule has 196 valence electrons. The second kappa shape index (κ2) is 12.9. The summed E-state index contributed by atoms with van der Waals surface area (Å²) in [6.45, 7) is 7.05. The Morgan fingerprint density at radius 2 is 1.76 bits per heavy atom. The van der Waals surface area contributed by atoms with Crippen molar-refractivity contribution in [2.24, 2.45) is 0 Å². The number of rotatable bonds is 13. The fraction of sp³-hybridized carbons (Fsp3) is 0.419. The van der Waals surface area contributed by atoms with Gasteiger partial charge in [-0.05, 0) is 57.4 Å². The number of esters is 1. The molecule has 0 spiro atoms. The van der Waals surface area contributed by atoms with Gasteiger partial charge in [0.25, 0.3) is 0 Å². The number of fused-ring (bicyclic) bond motifs is 1. The van der Waals surface area contributed by atoms with Gasteiger partial charge >= 0.3 is 5.97 Å². The van der Waals surface area contributed by atoms with Crippen molar-refractivity contribution in [1.29, 1.82) is 0 Å². The van der Waals surface area contributed by atoms with E-state index in [0.29, 0.717) is 32.2 Å². The molecule has 3 aromatic rings. The molecule has 2 aromatic carbocycles. The third-order valence-corrected chi connectivity index (χ3v) is 6.51. The molecule has 2 unspecified atom stereocenters. The molecule has 0 saturated heterocycles. The standard InChI is InChI=1S/C31H36FNO4/c1-4-35-24(19-25(36-5-2)20-29(34)37-6-3)17-18-27-30(21-13-15-23(32)16-14-21)26-9-7-8-10-28(26)33-31(27)22-11-12-22/h7-10,13-18,22,24-25H,4-6,11-12,19-20H2,1-3H3/b18-17+. The maximum atomic E-state index is 13.8. The van der Waals surface area contributed by atoms with Gasteiger partial charge in [0.1, 0.15) is 5.82 Å². The lowest BCUT2D eigenvalue weighted by Crippen LogP contribution is -2.25. The zero-order valence-corrected chi connectivity index (χ0v) is 21.9. The number of carbonyl (C=O) groups is 1. The zero-order valence-electron chi connectivity index (χ0n) is 21.9. The summed E-state index contributed by atoms with van der Waals surface area (Å²) in [5.41, 5.74) is 5.04. The van der Waals surface area contributed by atoms with E-state index in [4.69, 9.17) is 19.2 Å². The smallest absolute Gasteiger partial charge is 0.308 e. The van der Waals surface area contributed by atoms with E-state index in [1.165, 1.54) is 12.1 Å². The van der Waals surface area contributed by atoms with Crippen LogP contribution in [-0.4, -0.2) is 43.0 Å². The Kier molecular flexibility index (Phi) is 9.42. The van der Waals surface area contributed by atoms with Crippen molar-refractivity contribution in [3.8, 4) is 11.1 Å². The maximum absolute atomic E-state index is 13.8. The van der Waals surface area contributed by atoms with Gasteiger partial charge in [-0.25, -0.2) is 4.39 Å². The van der Waals surface area contributed by atoms with Gasteiger partial charge in [-0.2, -0.15) is 0 Å². The van der Waals surface area contributed by atoms with E-state index in [9.17, 15) is 9.18 Å². The van der Waals surface area contributed by atoms with E-state index in [1.807, 2.05) is 50.3 Å². The first-order valence-corrected chi connectivity index (χ1v) is 13.3. The molecule has 1 saturated carbocycles. The fourth-order valence-corrected chi connectivity index (χ4v) is 4.74. The molecule has 1 aromatic heterocycles. The molecule has 6 heteroatoms. The SMILES string of the molecule is CCOC(=O)CC(CC(/C=C/c1c(C2CC2)nc2ccccc2c1-c1ccc(F)cc1)OCC)OCC. The summed E-state index contributed by atoms with van der Waals surface area (Å²) >= 11 is 0. The highest BCUT2D eigenvalue weighted by molar-refractivity contribution is 5.99. The Morgan fingerprint density at radius 1 is 1.03 bits per heavy atom. The molecule has 1 heterocycles. The summed E-state index contributed by atoms with van der Waals surface area (Å²) in [5.74, 6) is -0.121. The number of para-hydroxylation sites is 1. The average molecular weight is 506 g/mol. The molecule has 37 heavy (non-hydrogen) atoms. The van der Waals surface area contributed by atoms with Gasteiger partial charge in [-0.3, -0.25) is 9.78 Å². The number of hydrogen-bond donors (Lipinski definition) is 0. The van der Waals surface area contributed by atoms with Gasteiger partial charge in [0.15, 0.2) is 0 Å². The number of benzene rings is 2. The lowest BCUT2D eigenvalue weighted by molar-refractivity contribution is -0.146. The van der Waals surface area contributed by atoms with Crippen LogP contribution in [0.25, 0.3) is 28.1 Å². The average Bonchev–Trinajstić information content (AvgIpc) is 3.73. The third kappa shape index (κ3) is 7.02. The van der Waals surface area contributed by atoms with E-state index in [-0.39, 0.29) is 30.4 Å². The van der Waals surface area contributed by atoms with E-state index in [1.54, 1.807) is 6.92 Å². The van der Waals surface area contributed by atoms with Gasteiger partial charge < -0.3 is 14.2 Å². The van der Waals surface area contributed by atoms with E-state index in [2.05, 4.69) is 12.1 Å². The van der Waals surface area contributed by atoms with Crippen LogP contribution >= 0.6 is 0 Å². The fourth-order valence-electron chi connectivity index (χ4n) is 4.74. The number of carbonyl (C=O) groups excluding carboxylic acids is 1. The first kappa shape index (κ1) is 27.0. The molecular formula is C31H36FNO4. The summed E-state index contributed by atoms with van der Waals surface area (Å²) in [4.78, 5) is 17.2. The molecule has 0 amide bonds. The number of hydrogen-bond acceptors (Lipinski definition) is 5. The molecule has 4 rings (SSSR count). The summed E-state index contributed by atoms with van der Waals surface area (Å²) in [7, 11) is 0. The van der Waals surface area contributed by atoms with Crippen molar-refractivity contribution < 1.29 is 23.4 Å². The lowest BCUT2D eigenvalue weighted by Gasteiger charge is -2.21. The Labute approximate surface area is 218 Å². The normalized spacial score (nSPS) is 15.2. The minimum absolute atomic E-state index is 0.185. The van der Waals surface area contributed by atoms with E-state index >= 15 is 0 Å². The number of nitrogens with zero attached hydrogens (tertiary/aromatic N) is 1. The summed E-state index contributed by atoms with van der Waals surface area (Å²) in [6, 6.07) is 14.8. The number of ether oxygens (including phenoxy) is 3. The van der Waals surface area contributed by atoms with Gasteiger partial charge in [-0.15, -0.1) is 0 Å². The minimum atomic E-state index is -0.306. The van der Waals surface area contributed by atoms with Crippen LogP contribution in [0.3, 0.4) is 0 Å². The maximum Gasteiger partial charge on any atom is 0.308 e. The lowest BCUT2D eigenvalue weighted by atomic mass is 9.92. The van der Waals surface area contributed by atoms with Crippen LogP contribution in [0.15, 0.2) is 54.6 Å². The molecule has 2 atom stereocenters. The Bertz CT molecular complexity index is 1220. The molecule has 5 nitrogen and oxygen atoms in total. The minimum Gasteiger partial charge on any atom is -0.466 e. The largest absolute Gasteiger partial charge is 0.466 e. The first-order valence-electron chi connectivity index (χ1n) is 13.3. The van der Waals surface area contributed by atoms with Crippen LogP contribution < -0.4 is 0 Å². The van der Waals surface area contributed by atoms with Crippen molar-refractivity contribution in [2.45, 2.75) is 64.6 Å². The first-order chi connectivity index (χ1) is 18.0.